The number of aryl methyl sites for hydroxylation is 2. The van der Waals surface area contributed by atoms with Crippen LogP contribution < -0.4 is 9.72 Å². The van der Waals surface area contributed by atoms with Gasteiger partial charge in [0.25, 0.3) is 11.7 Å². The van der Waals surface area contributed by atoms with Crippen molar-refractivity contribution in [2.45, 2.75) is 26.1 Å². The van der Waals surface area contributed by atoms with Gasteiger partial charge >= 0.3 is 6.18 Å². The van der Waals surface area contributed by atoms with Crippen LogP contribution >= 0.6 is 0 Å². The number of nitrogens with one attached hydrogen (secondary N) is 3. The lowest BCUT2D eigenvalue weighted by Gasteiger charge is -2.20. The molecule has 0 fully saturated rings. The van der Waals surface area contributed by atoms with Crippen LogP contribution in [0.15, 0.2) is 48.8 Å². The lowest BCUT2D eigenvalue weighted by atomic mass is 10.1. The summed E-state index contributed by atoms with van der Waals surface area (Å²) in [7, 11) is 0. The van der Waals surface area contributed by atoms with E-state index in [1.54, 1.807) is 35.7 Å². The Hall–Kier alpha value is -3.69. The van der Waals surface area contributed by atoms with E-state index in [-0.39, 0.29) is 11.4 Å². The zero-order valence-electron chi connectivity index (χ0n) is 16.1. The van der Waals surface area contributed by atoms with Gasteiger partial charge in [-0.3, -0.25) is 14.9 Å². The zero-order valence-corrected chi connectivity index (χ0v) is 16.1. The number of carbonyl (C=O) groups excluding carboxylic acids is 1. The Balaban J connectivity index is 1.79. The SMILES string of the molecule is Cc1n[nH]c(C)c1-c1[nH]c(C(=O)NC(c2ccccn2)C(F)(F)F)c2cccc[n+]12. The van der Waals surface area contributed by atoms with Crippen LogP contribution in [0.3, 0.4) is 0 Å². The molecule has 3 N–H and O–H groups in total. The van der Waals surface area contributed by atoms with Gasteiger partial charge in [-0.05, 0) is 38.1 Å². The van der Waals surface area contributed by atoms with Gasteiger partial charge in [0.2, 0.25) is 5.69 Å². The fraction of sp³-hybridized carbons (Fsp3) is 0.200. The number of carbonyl (C=O) groups is 1. The van der Waals surface area contributed by atoms with Crippen LogP contribution in [0.25, 0.3) is 16.9 Å². The molecule has 0 saturated heterocycles. The Bertz CT molecular complexity index is 1190. The first kappa shape index (κ1) is 19.6. The molecule has 0 aliphatic carbocycles. The highest BCUT2D eigenvalue weighted by atomic mass is 19.4. The van der Waals surface area contributed by atoms with Gasteiger partial charge in [-0.1, -0.05) is 12.1 Å². The third-order valence-electron chi connectivity index (χ3n) is 4.78. The van der Waals surface area contributed by atoms with Crippen molar-refractivity contribution in [1.29, 1.82) is 0 Å². The molecule has 0 aromatic carbocycles. The second-order valence-corrected chi connectivity index (χ2v) is 6.82. The number of rotatable bonds is 4. The van der Waals surface area contributed by atoms with Crippen molar-refractivity contribution in [2.24, 2.45) is 0 Å². The molecule has 10 heteroatoms. The number of aromatic nitrogens is 5. The van der Waals surface area contributed by atoms with Gasteiger partial charge in [-0.2, -0.15) is 22.7 Å². The van der Waals surface area contributed by atoms with Gasteiger partial charge in [-0.15, -0.1) is 0 Å². The van der Waals surface area contributed by atoms with E-state index >= 15 is 0 Å². The van der Waals surface area contributed by atoms with Crippen LogP contribution in [-0.2, 0) is 0 Å². The van der Waals surface area contributed by atoms with Crippen molar-refractivity contribution in [3.05, 3.63) is 71.6 Å². The van der Waals surface area contributed by atoms with Crippen LogP contribution in [0, 0.1) is 13.8 Å². The molecule has 4 rings (SSSR count). The highest BCUT2D eigenvalue weighted by molar-refractivity contribution is 5.98. The predicted molar refractivity (Wildman–Crippen MR) is 102 cm³/mol. The number of pyridine rings is 2. The van der Waals surface area contributed by atoms with E-state index in [4.69, 9.17) is 0 Å². The van der Waals surface area contributed by atoms with Gasteiger partial charge in [0.15, 0.2) is 11.6 Å². The largest absolute Gasteiger partial charge is 0.414 e. The van der Waals surface area contributed by atoms with Gasteiger partial charge < -0.3 is 5.32 Å². The molecule has 30 heavy (non-hydrogen) atoms. The molecule has 154 valence electrons. The Morgan fingerprint density at radius 2 is 1.93 bits per heavy atom. The Morgan fingerprint density at radius 3 is 2.57 bits per heavy atom. The first-order chi connectivity index (χ1) is 14.3. The van der Waals surface area contributed by atoms with E-state index in [1.807, 2.05) is 6.92 Å². The maximum Gasteiger partial charge on any atom is 0.414 e. The van der Waals surface area contributed by atoms with Crippen molar-refractivity contribution >= 4 is 11.4 Å². The van der Waals surface area contributed by atoms with Gasteiger partial charge in [0.05, 0.1) is 17.6 Å². The number of fused-ring (bicyclic) bond motifs is 1. The molecular formula is C20H18F3N6O+. The summed E-state index contributed by atoms with van der Waals surface area (Å²) in [6.45, 7) is 3.63. The minimum absolute atomic E-state index is 0.00998. The summed E-state index contributed by atoms with van der Waals surface area (Å²) in [5.74, 6) is -0.349. The molecule has 0 bridgehead atoms. The number of alkyl halides is 3. The van der Waals surface area contributed by atoms with Crippen LogP contribution in [0.2, 0.25) is 0 Å². The lowest BCUT2D eigenvalue weighted by molar-refractivity contribution is -0.498. The number of nitrogens with zero attached hydrogens (tertiary/aromatic N) is 3. The number of H-pyrrole nitrogens is 2. The van der Waals surface area contributed by atoms with Crippen LogP contribution in [-0.4, -0.2) is 32.2 Å². The standard InChI is InChI=1S/C20H17F3N6O/c1-11-15(12(2)28-27-11)18-25-16(14-8-4-6-10-29(14)18)19(30)26-17(20(21,22)23)13-7-3-5-9-24-13/h3-10,17H,1-2H3,(H2,25,26,27,28,30)/p+1. The van der Waals surface area contributed by atoms with E-state index in [0.717, 1.165) is 11.3 Å². The number of halogens is 3. The van der Waals surface area contributed by atoms with Gasteiger partial charge in [0.1, 0.15) is 5.56 Å². The fourth-order valence-corrected chi connectivity index (χ4v) is 3.41. The summed E-state index contributed by atoms with van der Waals surface area (Å²) in [6.07, 6.45) is -1.73. The van der Waals surface area contributed by atoms with Gasteiger partial charge in [-0.25, -0.2) is 4.98 Å². The average Bonchev–Trinajstić information content (AvgIpc) is 3.25. The highest BCUT2D eigenvalue weighted by Crippen LogP contribution is 2.32. The Kier molecular flexibility index (Phi) is 4.76. The van der Waals surface area contributed by atoms with E-state index in [9.17, 15) is 18.0 Å². The summed E-state index contributed by atoms with van der Waals surface area (Å²) in [5, 5.41) is 9.10. The Morgan fingerprint density at radius 1 is 1.17 bits per heavy atom. The van der Waals surface area contributed by atoms with Crippen molar-refractivity contribution < 1.29 is 22.4 Å². The highest BCUT2D eigenvalue weighted by Gasteiger charge is 2.44. The van der Waals surface area contributed by atoms with Gasteiger partial charge in [0, 0.05) is 11.9 Å². The molecule has 1 unspecified atom stereocenters. The molecule has 4 aromatic rings. The van der Waals surface area contributed by atoms with Crippen molar-refractivity contribution in [3.63, 3.8) is 0 Å². The maximum atomic E-state index is 13.6. The third kappa shape index (κ3) is 3.40. The van der Waals surface area contributed by atoms with E-state index in [1.165, 1.54) is 24.4 Å². The van der Waals surface area contributed by atoms with Crippen LogP contribution in [0.1, 0.15) is 33.6 Å². The second kappa shape index (κ2) is 7.29. The maximum absolute atomic E-state index is 13.6. The number of imidazole rings is 1. The zero-order chi connectivity index (χ0) is 21.5. The minimum Gasteiger partial charge on any atom is -0.332 e. The van der Waals surface area contributed by atoms with E-state index in [2.05, 4.69) is 25.5 Å². The first-order valence-electron chi connectivity index (χ1n) is 9.10. The number of amides is 1. The fourth-order valence-electron chi connectivity index (χ4n) is 3.41. The normalized spacial score (nSPS) is 12.8. The molecule has 4 aromatic heterocycles. The average molecular weight is 415 g/mol. The lowest BCUT2D eigenvalue weighted by Crippen LogP contribution is -2.39. The van der Waals surface area contributed by atoms with E-state index in [0.29, 0.717) is 17.0 Å². The molecule has 0 aliphatic rings. The van der Waals surface area contributed by atoms with Crippen molar-refractivity contribution in [3.8, 4) is 11.4 Å². The number of hydrogen-bond donors (Lipinski definition) is 3. The molecular weight excluding hydrogens is 397 g/mol. The molecule has 0 radical (unpaired) electrons. The molecule has 0 aliphatic heterocycles. The Labute approximate surface area is 169 Å². The molecule has 1 amide bonds. The van der Waals surface area contributed by atoms with Crippen LogP contribution in [0.5, 0.6) is 0 Å². The monoisotopic (exact) mass is 415 g/mol. The number of hydrogen-bond acceptors (Lipinski definition) is 3. The summed E-state index contributed by atoms with van der Waals surface area (Å²) in [5.41, 5.74) is 2.36. The minimum atomic E-state index is -4.71. The molecule has 1 atom stereocenters. The quantitative estimate of drug-likeness (QED) is 0.447. The van der Waals surface area contributed by atoms with Crippen LogP contribution in [0.4, 0.5) is 13.2 Å². The summed E-state index contributed by atoms with van der Waals surface area (Å²) in [6, 6.07) is 7.07. The van der Waals surface area contributed by atoms with Crippen molar-refractivity contribution in [2.75, 3.05) is 0 Å². The third-order valence-corrected chi connectivity index (χ3v) is 4.78. The number of aromatic amines is 2. The summed E-state index contributed by atoms with van der Waals surface area (Å²) in [4.78, 5) is 19.7. The second-order valence-electron chi connectivity index (χ2n) is 6.82. The van der Waals surface area contributed by atoms with Crippen molar-refractivity contribution in [1.82, 2.24) is 25.5 Å². The molecule has 7 nitrogen and oxygen atoms in total. The predicted octanol–water partition coefficient (Wildman–Crippen LogP) is 3.19. The summed E-state index contributed by atoms with van der Waals surface area (Å²) >= 11 is 0. The topological polar surface area (TPSA) is 90.6 Å². The molecule has 4 heterocycles. The molecule has 0 spiro atoms. The smallest absolute Gasteiger partial charge is 0.332 e. The summed E-state index contributed by atoms with van der Waals surface area (Å²) < 4.78 is 42.7. The van der Waals surface area contributed by atoms with E-state index < -0.39 is 18.1 Å². The first-order valence-corrected chi connectivity index (χ1v) is 9.10. The molecule has 0 saturated carbocycles.